The minimum Gasteiger partial charge on any atom is -0.481 e. The summed E-state index contributed by atoms with van der Waals surface area (Å²) in [4.78, 5) is 24.3. The number of carboxylic acid groups (broad SMARTS) is 1. The summed E-state index contributed by atoms with van der Waals surface area (Å²) in [6.45, 7) is 2.59. The maximum Gasteiger partial charge on any atom is 0.315 e. The number of hydrogen-bond acceptors (Lipinski definition) is 3. The van der Waals surface area contributed by atoms with Crippen LogP contribution in [-0.4, -0.2) is 23.1 Å². The molecule has 1 aliphatic rings. The molecular weight excluding hydrogens is 288 g/mol. The fraction of sp³-hybridized carbons (Fsp3) is 0.600. The van der Waals surface area contributed by atoms with E-state index in [1.54, 1.807) is 11.3 Å². The Morgan fingerprint density at radius 3 is 2.86 bits per heavy atom. The van der Waals surface area contributed by atoms with Crippen LogP contribution in [0.5, 0.6) is 0 Å². The van der Waals surface area contributed by atoms with Gasteiger partial charge in [0.05, 0.1) is 12.5 Å². The van der Waals surface area contributed by atoms with E-state index in [4.69, 9.17) is 0 Å². The summed E-state index contributed by atoms with van der Waals surface area (Å²) in [7, 11) is 0. The van der Waals surface area contributed by atoms with E-state index in [1.165, 1.54) is 5.56 Å². The van der Waals surface area contributed by atoms with Crippen LogP contribution in [0.3, 0.4) is 0 Å². The van der Waals surface area contributed by atoms with Crippen LogP contribution in [0.2, 0.25) is 0 Å². The van der Waals surface area contributed by atoms with Crippen molar-refractivity contribution in [1.82, 2.24) is 10.6 Å². The number of urea groups is 1. The number of thiophene rings is 1. The molecule has 2 atom stereocenters. The normalized spacial score (nSPS) is 21.8. The van der Waals surface area contributed by atoms with Gasteiger partial charge in [0, 0.05) is 10.9 Å². The van der Waals surface area contributed by atoms with Crippen molar-refractivity contribution in [1.29, 1.82) is 0 Å². The van der Waals surface area contributed by atoms with Crippen LogP contribution in [0.15, 0.2) is 11.4 Å². The monoisotopic (exact) mass is 310 g/mol. The number of carboxylic acids is 1. The summed E-state index contributed by atoms with van der Waals surface area (Å²) in [6, 6.07) is 1.54. The van der Waals surface area contributed by atoms with Gasteiger partial charge in [-0.15, -0.1) is 11.3 Å². The first-order valence-corrected chi connectivity index (χ1v) is 8.32. The number of aryl methyl sites for hydroxylation is 1. The number of aliphatic carboxylic acids is 1. The quantitative estimate of drug-likeness (QED) is 0.782. The lowest BCUT2D eigenvalue weighted by Gasteiger charge is -2.29. The summed E-state index contributed by atoms with van der Waals surface area (Å²) in [6.07, 6.45) is 4.23. The molecule has 2 unspecified atom stereocenters. The van der Waals surface area contributed by atoms with E-state index in [2.05, 4.69) is 23.6 Å². The van der Waals surface area contributed by atoms with E-state index in [0.29, 0.717) is 13.0 Å². The van der Waals surface area contributed by atoms with Gasteiger partial charge in [-0.2, -0.15) is 0 Å². The molecule has 1 heterocycles. The van der Waals surface area contributed by atoms with E-state index in [0.717, 1.165) is 30.6 Å². The molecular formula is C15H22N2O3S. The van der Waals surface area contributed by atoms with Gasteiger partial charge in [0.25, 0.3) is 0 Å². The Kier molecular flexibility index (Phi) is 5.61. The van der Waals surface area contributed by atoms with E-state index in [9.17, 15) is 14.7 Å². The van der Waals surface area contributed by atoms with Crippen molar-refractivity contribution in [3.05, 3.63) is 21.9 Å². The smallest absolute Gasteiger partial charge is 0.315 e. The van der Waals surface area contributed by atoms with Crippen molar-refractivity contribution in [2.75, 3.05) is 0 Å². The van der Waals surface area contributed by atoms with Crippen molar-refractivity contribution >= 4 is 23.3 Å². The first-order chi connectivity index (χ1) is 10.1. The minimum absolute atomic E-state index is 0.259. The largest absolute Gasteiger partial charge is 0.481 e. The third-order valence-electron chi connectivity index (χ3n) is 4.03. The van der Waals surface area contributed by atoms with E-state index in [1.807, 2.05) is 5.38 Å². The third-order valence-corrected chi connectivity index (χ3v) is 4.99. The Morgan fingerprint density at radius 1 is 1.38 bits per heavy atom. The summed E-state index contributed by atoms with van der Waals surface area (Å²) < 4.78 is 0. The molecule has 0 aromatic carbocycles. The van der Waals surface area contributed by atoms with Gasteiger partial charge in [-0.05, 0) is 36.3 Å². The third kappa shape index (κ3) is 4.20. The fourth-order valence-corrected chi connectivity index (χ4v) is 3.73. The van der Waals surface area contributed by atoms with Gasteiger partial charge in [-0.1, -0.05) is 19.8 Å². The maximum atomic E-state index is 12.0. The molecule has 0 bridgehead atoms. The van der Waals surface area contributed by atoms with Crippen LogP contribution < -0.4 is 10.6 Å². The van der Waals surface area contributed by atoms with Crippen LogP contribution in [0.25, 0.3) is 0 Å². The molecule has 1 aromatic rings. The SMILES string of the molecule is CCc1ccsc1CNC(=O)NC1CCCCC1C(=O)O. The average Bonchev–Trinajstić information content (AvgIpc) is 2.93. The summed E-state index contributed by atoms with van der Waals surface area (Å²) in [5, 5.41) is 16.9. The van der Waals surface area contributed by atoms with Crippen molar-refractivity contribution in [3.63, 3.8) is 0 Å². The summed E-state index contributed by atoms with van der Waals surface area (Å²) in [5.74, 6) is -1.27. The number of amides is 2. The molecule has 116 valence electrons. The highest BCUT2D eigenvalue weighted by Gasteiger charge is 2.31. The highest BCUT2D eigenvalue weighted by atomic mass is 32.1. The zero-order chi connectivity index (χ0) is 15.2. The number of hydrogen-bond donors (Lipinski definition) is 3. The van der Waals surface area contributed by atoms with Gasteiger partial charge in [0.15, 0.2) is 0 Å². The lowest BCUT2D eigenvalue weighted by Crippen LogP contribution is -2.48. The first kappa shape index (κ1) is 15.8. The Bertz CT molecular complexity index is 501. The van der Waals surface area contributed by atoms with Gasteiger partial charge in [-0.3, -0.25) is 4.79 Å². The van der Waals surface area contributed by atoms with Gasteiger partial charge < -0.3 is 15.7 Å². The lowest BCUT2D eigenvalue weighted by molar-refractivity contribution is -0.143. The Balaban J connectivity index is 1.84. The molecule has 0 aliphatic heterocycles. The number of carbonyl (C=O) groups is 2. The van der Waals surface area contributed by atoms with Crippen molar-refractivity contribution in [2.45, 2.75) is 51.6 Å². The van der Waals surface area contributed by atoms with E-state index < -0.39 is 11.9 Å². The summed E-state index contributed by atoms with van der Waals surface area (Å²) in [5.41, 5.74) is 1.25. The van der Waals surface area contributed by atoms with E-state index >= 15 is 0 Å². The molecule has 1 aromatic heterocycles. The molecule has 6 heteroatoms. The fourth-order valence-electron chi connectivity index (χ4n) is 2.82. The topological polar surface area (TPSA) is 78.4 Å². The second-order valence-electron chi connectivity index (χ2n) is 5.39. The van der Waals surface area contributed by atoms with Crippen LogP contribution >= 0.6 is 11.3 Å². The molecule has 5 nitrogen and oxygen atoms in total. The second-order valence-corrected chi connectivity index (χ2v) is 6.39. The van der Waals surface area contributed by atoms with Gasteiger partial charge in [0.2, 0.25) is 0 Å². The molecule has 3 N–H and O–H groups in total. The standard InChI is InChI=1S/C15H22N2O3S/c1-2-10-7-8-21-13(10)9-16-15(20)17-12-6-4-3-5-11(12)14(18)19/h7-8,11-12H,2-6,9H2,1H3,(H,18,19)(H2,16,17,20). The molecule has 1 saturated carbocycles. The molecule has 2 rings (SSSR count). The zero-order valence-electron chi connectivity index (χ0n) is 12.2. The Hall–Kier alpha value is -1.56. The molecule has 0 spiro atoms. The van der Waals surface area contributed by atoms with Crippen LogP contribution in [0.4, 0.5) is 4.79 Å². The highest BCUT2D eigenvalue weighted by Crippen LogP contribution is 2.24. The zero-order valence-corrected chi connectivity index (χ0v) is 13.0. The van der Waals surface area contributed by atoms with Gasteiger partial charge >= 0.3 is 12.0 Å². The van der Waals surface area contributed by atoms with Gasteiger partial charge in [0.1, 0.15) is 0 Å². The predicted octanol–water partition coefficient (Wildman–Crippen LogP) is 2.75. The Labute approximate surface area is 128 Å². The minimum atomic E-state index is -0.813. The maximum absolute atomic E-state index is 12.0. The second kappa shape index (κ2) is 7.45. The van der Waals surface area contributed by atoms with Crippen molar-refractivity contribution < 1.29 is 14.7 Å². The van der Waals surface area contributed by atoms with Crippen LogP contribution in [0.1, 0.15) is 43.0 Å². The molecule has 0 radical (unpaired) electrons. The number of rotatable bonds is 5. The van der Waals surface area contributed by atoms with Gasteiger partial charge in [-0.25, -0.2) is 4.79 Å². The van der Waals surface area contributed by atoms with Crippen LogP contribution in [0, 0.1) is 5.92 Å². The molecule has 1 fully saturated rings. The molecule has 2 amide bonds. The lowest BCUT2D eigenvalue weighted by atomic mass is 9.84. The number of carbonyl (C=O) groups excluding carboxylic acids is 1. The molecule has 0 saturated heterocycles. The first-order valence-electron chi connectivity index (χ1n) is 7.44. The summed E-state index contributed by atoms with van der Waals surface area (Å²) >= 11 is 1.63. The average molecular weight is 310 g/mol. The highest BCUT2D eigenvalue weighted by molar-refractivity contribution is 7.10. The molecule has 1 aliphatic carbocycles. The van der Waals surface area contributed by atoms with E-state index in [-0.39, 0.29) is 12.1 Å². The van der Waals surface area contributed by atoms with Crippen molar-refractivity contribution in [3.8, 4) is 0 Å². The van der Waals surface area contributed by atoms with Crippen LogP contribution in [-0.2, 0) is 17.8 Å². The molecule has 21 heavy (non-hydrogen) atoms. The number of nitrogens with one attached hydrogen (secondary N) is 2. The predicted molar refractivity (Wildman–Crippen MR) is 82.5 cm³/mol. The van der Waals surface area contributed by atoms with Crippen molar-refractivity contribution in [2.24, 2.45) is 5.92 Å². The Morgan fingerprint density at radius 2 is 2.14 bits per heavy atom.